The Morgan fingerprint density at radius 2 is 1.58 bits per heavy atom. The van der Waals surface area contributed by atoms with Gasteiger partial charge >= 0.3 is 11.9 Å². The number of carbonyl (C=O) groups is 2. The summed E-state index contributed by atoms with van der Waals surface area (Å²) in [7, 11) is 1.94. The van der Waals surface area contributed by atoms with Gasteiger partial charge in [-0.3, -0.25) is 9.59 Å². The van der Waals surface area contributed by atoms with E-state index in [1.807, 2.05) is 24.3 Å². The maximum Gasteiger partial charge on any atom is 0.320 e. The van der Waals surface area contributed by atoms with Crippen molar-refractivity contribution in [3.63, 3.8) is 0 Å². The summed E-state index contributed by atoms with van der Waals surface area (Å²) in [6, 6.07) is -1.57. The predicted molar refractivity (Wildman–Crippen MR) is 92.9 cm³/mol. The third-order valence-corrected chi connectivity index (χ3v) is 3.65. The van der Waals surface area contributed by atoms with E-state index in [1.54, 1.807) is 4.58 Å². The van der Waals surface area contributed by atoms with Crippen molar-refractivity contribution in [2.45, 2.75) is 50.6 Å². The molecule has 0 saturated carbocycles. The fourth-order valence-corrected chi connectivity index (χ4v) is 2.01. The van der Waals surface area contributed by atoms with Crippen molar-refractivity contribution in [2.24, 2.45) is 11.5 Å². The largest absolute Gasteiger partial charge is 0.480 e. The second-order valence-electron chi connectivity index (χ2n) is 5.97. The molecule has 2 unspecified atom stereocenters. The summed E-state index contributed by atoms with van der Waals surface area (Å²) in [6.07, 6.45) is 7.92. The van der Waals surface area contributed by atoms with Crippen molar-refractivity contribution >= 4 is 18.7 Å². The Labute approximate surface area is 143 Å². The summed E-state index contributed by atoms with van der Waals surface area (Å²) >= 11 is 0. The Morgan fingerprint density at radius 1 is 1.08 bits per heavy atom. The van der Waals surface area contributed by atoms with Crippen molar-refractivity contribution in [3.8, 4) is 0 Å². The van der Waals surface area contributed by atoms with E-state index < -0.39 is 24.0 Å². The van der Waals surface area contributed by atoms with Crippen molar-refractivity contribution < 1.29 is 24.4 Å². The van der Waals surface area contributed by atoms with E-state index in [0.717, 1.165) is 38.8 Å². The maximum atomic E-state index is 10.6. The zero-order chi connectivity index (χ0) is 18.5. The molecule has 8 heteroatoms. The van der Waals surface area contributed by atoms with Gasteiger partial charge in [0.1, 0.15) is 25.3 Å². The highest BCUT2D eigenvalue weighted by Crippen LogP contribution is 2.02. The molecule has 0 aliphatic rings. The minimum absolute atomic E-state index is 0.464. The number of nitrogens with two attached hydrogens (primary N) is 2. The van der Waals surface area contributed by atoms with Crippen LogP contribution in [-0.4, -0.2) is 70.6 Å². The molecule has 0 heterocycles. The monoisotopic (exact) mass is 343 g/mol. The Hall–Kier alpha value is -1.93. The van der Waals surface area contributed by atoms with Crippen LogP contribution in [0.1, 0.15) is 38.5 Å². The van der Waals surface area contributed by atoms with Crippen LogP contribution in [0.3, 0.4) is 0 Å². The summed E-state index contributed by atoms with van der Waals surface area (Å²) < 4.78 is 1.79. The van der Waals surface area contributed by atoms with Crippen molar-refractivity contribution in [1.82, 2.24) is 4.90 Å². The number of carboxylic acid groups (broad SMARTS) is 2. The van der Waals surface area contributed by atoms with Crippen LogP contribution in [0, 0.1) is 0 Å². The van der Waals surface area contributed by atoms with E-state index in [9.17, 15) is 9.59 Å². The lowest BCUT2D eigenvalue weighted by atomic mass is 10.1. The molecule has 24 heavy (non-hydrogen) atoms. The normalized spacial score (nSPS) is 13.6. The Bertz CT molecular complexity index is 440. The number of carboxylic acids is 2. The van der Waals surface area contributed by atoms with Gasteiger partial charge in [-0.05, 0) is 32.1 Å². The van der Waals surface area contributed by atoms with Gasteiger partial charge in [-0.2, -0.15) is 0 Å². The van der Waals surface area contributed by atoms with Crippen LogP contribution in [-0.2, 0) is 9.59 Å². The van der Waals surface area contributed by atoms with Crippen LogP contribution in [0.4, 0.5) is 0 Å². The number of hydrogen-bond acceptors (Lipinski definition) is 5. The van der Waals surface area contributed by atoms with Crippen LogP contribution in [0.5, 0.6) is 0 Å². The summed E-state index contributed by atoms with van der Waals surface area (Å²) in [5.41, 5.74) is 10.9. The minimum atomic E-state index is -0.965. The Balaban J connectivity index is 3.77. The molecule has 138 valence electrons. The fraction of sp³-hybridized carbons (Fsp3) is 0.688. The fourth-order valence-electron chi connectivity index (χ4n) is 2.01. The van der Waals surface area contributed by atoms with Crippen molar-refractivity contribution in [1.29, 1.82) is 0 Å². The second kappa shape index (κ2) is 12.5. The van der Waals surface area contributed by atoms with Crippen molar-refractivity contribution in [3.05, 3.63) is 12.4 Å². The van der Waals surface area contributed by atoms with Crippen LogP contribution < -0.4 is 11.5 Å². The Kier molecular flexibility index (Phi) is 11.5. The van der Waals surface area contributed by atoms with Gasteiger partial charge in [-0.25, -0.2) is 4.58 Å². The Morgan fingerprint density at radius 3 is 2.08 bits per heavy atom. The van der Waals surface area contributed by atoms with Crippen LogP contribution >= 0.6 is 0 Å². The lowest BCUT2D eigenvalue weighted by Crippen LogP contribution is -2.30. The van der Waals surface area contributed by atoms with E-state index >= 15 is 0 Å². The topological polar surface area (TPSA) is 133 Å². The highest BCUT2D eigenvalue weighted by atomic mass is 16.4. The van der Waals surface area contributed by atoms with Crippen LogP contribution in [0.2, 0.25) is 0 Å². The summed E-state index contributed by atoms with van der Waals surface area (Å²) in [5.74, 6) is -1.92. The minimum Gasteiger partial charge on any atom is -0.480 e. The van der Waals surface area contributed by atoms with Gasteiger partial charge in [-0.1, -0.05) is 0 Å². The lowest BCUT2D eigenvalue weighted by Gasteiger charge is -2.13. The molecule has 0 saturated heterocycles. The van der Waals surface area contributed by atoms with E-state index in [2.05, 4.69) is 6.72 Å². The molecule has 2 atom stereocenters. The molecule has 6 N–H and O–H groups in total. The first-order valence-electron chi connectivity index (χ1n) is 8.16. The first-order valence-corrected chi connectivity index (χ1v) is 8.16. The van der Waals surface area contributed by atoms with Gasteiger partial charge in [0.25, 0.3) is 0 Å². The average molecular weight is 343 g/mol. The predicted octanol–water partition coefficient (Wildman–Crippen LogP) is 0.267. The molecule has 8 nitrogen and oxygen atoms in total. The molecule has 0 spiro atoms. The molecule has 0 aliphatic heterocycles. The summed E-state index contributed by atoms with van der Waals surface area (Å²) in [4.78, 5) is 23.2. The van der Waals surface area contributed by atoms with E-state index in [4.69, 9.17) is 21.7 Å². The summed E-state index contributed by atoms with van der Waals surface area (Å²) in [6.45, 7) is 5.43. The van der Waals surface area contributed by atoms with E-state index in [-0.39, 0.29) is 0 Å². The molecule has 0 fully saturated rings. The molecule has 0 aliphatic carbocycles. The van der Waals surface area contributed by atoms with Gasteiger partial charge < -0.3 is 26.6 Å². The van der Waals surface area contributed by atoms with Gasteiger partial charge in [0.05, 0.1) is 6.20 Å². The zero-order valence-electron chi connectivity index (χ0n) is 14.4. The number of nitrogens with zero attached hydrogens (tertiary/aromatic N) is 2. The average Bonchev–Trinajstić information content (AvgIpc) is 2.52. The number of rotatable bonds is 14. The van der Waals surface area contributed by atoms with Gasteiger partial charge in [-0.15, -0.1) is 0 Å². The number of aliphatic carboxylic acids is 2. The third kappa shape index (κ3) is 11.6. The lowest BCUT2D eigenvalue weighted by molar-refractivity contribution is -0.449. The standard InChI is InChI=1S/C16H30N4O4/c1-19(9-5-3-7-13(17)15(21)22)11-12-20(2)10-6-4-8-14(18)16(23)24/h11-14H,1,3-10,17-18H2,2H3,(H-,21,22,23,24)/p+1. The van der Waals surface area contributed by atoms with E-state index in [0.29, 0.717) is 12.8 Å². The van der Waals surface area contributed by atoms with Gasteiger partial charge in [0.2, 0.25) is 0 Å². The van der Waals surface area contributed by atoms with Gasteiger partial charge in [0, 0.05) is 20.0 Å². The molecule has 0 aromatic rings. The first-order chi connectivity index (χ1) is 11.2. The quantitative estimate of drug-likeness (QED) is 0.202. The first kappa shape index (κ1) is 22.1. The highest BCUT2D eigenvalue weighted by molar-refractivity contribution is 5.73. The molecule has 0 aromatic heterocycles. The molecule has 0 rings (SSSR count). The maximum absolute atomic E-state index is 10.6. The molecule has 0 amide bonds. The van der Waals surface area contributed by atoms with Crippen LogP contribution in [0.25, 0.3) is 0 Å². The number of hydrogen-bond donors (Lipinski definition) is 4. The van der Waals surface area contributed by atoms with E-state index in [1.165, 1.54) is 0 Å². The molecule has 0 bridgehead atoms. The van der Waals surface area contributed by atoms with Crippen molar-refractivity contribution in [2.75, 3.05) is 20.1 Å². The smallest absolute Gasteiger partial charge is 0.320 e. The molecule has 0 radical (unpaired) electrons. The highest BCUT2D eigenvalue weighted by Gasteiger charge is 2.11. The third-order valence-electron chi connectivity index (χ3n) is 3.65. The van der Waals surface area contributed by atoms with Gasteiger partial charge in [0.15, 0.2) is 6.20 Å². The molecular weight excluding hydrogens is 312 g/mol. The van der Waals surface area contributed by atoms with Crippen LogP contribution in [0.15, 0.2) is 12.4 Å². The second-order valence-corrected chi connectivity index (χ2v) is 5.97. The molecule has 0 aromatic carbocycles. The molecular formula is C16H31N4O4+. The zero-order valence-corrected chi connectivity index (χ0v) is 14.4. The number of unbranched alkanes of at least 4 members (excludes halogenated alkanes) is 2. The SMILES string of the molecule is C=[N+](C=CN(C)CCCCC(N)C(=O)O)CCCCC(N)C(=O)O. The summed E-state index contributed by atoms with van der Waals surface area (Å²) in [5, 5.41) is 17.4.